The smallest absolute Gasteiger partial charge is 0.408 e. The Balaban J connectivity index is 2.41. The van der Waals surface area contributed by atoms with E-state index in [-0.39, 0.29) is 18.1 Å². The molecule has 2 aromatic rings. The number of nitrogens with zero attached hydrogens (tertiary/aromatic N) is 3. The van der Waals surface area contributed by atoms with E-state index in [1.165, 1.54) is 12.1 Å². The Morgan fingerprint density at radius 2 is 2.06 bits per heavy atom. The molecule has 1 aromatic carbocycles. The van der Waals surface area contributed by atoms with Crippen molar-refractivity contribution < 1.29 is 19.2 Å². The van der Waals surface area contributed by atoms with Gasteiger partial charge in [-0.15, -0.1) is 6.58 Å². The summed E-state index contributed by atoms with van der Waals surface area (Å²) in [7, 11) is -1.27. The molecule has 0 radical (unpaired) electrons. The van der Waals surface area contributed by atoms with Gasteiger partial charge in [-0.25, -0.2) is 9.78 Å². The second-order valence-corrected chi connectivity index (χ2v) is 16.2. The number of non-ortho nitro benzene ring substituents is 1. The summed E-state index contributed by atoms with van der Waals surface area (Å²) in [5.41, 5.74) is 6.74. The molecule has 0 aliphatic carbocycles. The maximum absolute atomic E-state index is 12.4. The topological polar surface area (TPSA) is 135 Å². The summed E-state index contributed by atoms with van der Waals surface area (Å²) in [5, 5.41) is 14.0. The first-order valence-corrected chi connectivity index (χ1v) is 15.2. The van der Waals surface area contributed by atoms with Gasteiger partial charge in [0.05, 0.1) is 16.7 Å². The molecule has 35 heavy (non-hydrogen) atoms. The highest BCUT2D eigenvalue weighted by atomic mass is 28.3. The van der Waals surface area contributed by atoms with E-state index in [0.717, 1.165) is 6.04 Å². The number of anilines is 1. The van der Waals surface area contributed by atoms with Crippen LogP contribution in [-0.2, 0) is 16.2 Å². The Morgan fingerprint density at radius 3 is 2.60 bits per heavy atom. The summed E-state index contributed by atoms with van der Waals surface area (Å²) in [6, 6.07) is 4.77. The highest BCUT2D eigenvalue weighted by Gasteiger charge is 2.24. The van der Waals surface area contributed by atoms with Crippen molar-refractivity contribution in [2.45, 2.75) is 71.3 Å². The number of rotatable bonds is 11. The van der Waals surface area contributed by atoms with Gasteiger partial charge in [0.2, 0.25) is 0 Å². The molecule has 1 heterocycles. The molecule has 11 heteroatoms. The molecule has 0 unspecified atom stereocenters. The molecule has 1 aromatic heterocycles. The number of nitro benzene ring substituents is 1. The van der Waals surface area contributed by atoms with Crippen LogP contribution in [0.4, 0.5) is 16.2 Å². The van der Waals surface area contributed by atoms with Gasteiger partial charge in [0.25, 0.3) is 5.69 Å². The molecule has 192 valence electrons. The van der Waals surface area contributed by atoms with Crippen LogP contribution in [0.25, 0.3) is 11.4 Å². The zero-order valence-electron chi connectivity index (χ0n) is 21.5. The van der Waals surface area contributed by atoms with E-state index in [1.54, 1.807) is 43.7 Å². The number of carbonyl (C=O) groups is 1. The van der Waals surface area contributed by atoms with Gasteiger partial charge in [-0.2, -0.15) is 0 Å². The Hall–Kier alpha value is -3.18. The van der Waals surface area contributed by atoms with Gasteiger partial charge in [0.1, 0.15) is 18.2 Å². The number of nitrogen functional groups attached to an aromatic ring is 1. The van der Waals surface area contributed by atoms with Gasteiger partial charge in [-0.05, 0) is 39.3 Å². The average Bonchev–Trinajstić information content (AvgIpc) is 3.12. The minimum atomic E-state index is -1.27. The largest absolute Gasteiger partial charge is 0.444 e. The molecule has 1 atom stereocenters. The highest BCUT2D eigenvalue weighted by molar-refractivity contribution is 6.76. The summed E-state index contributed by atoms with van der Waals surface area (Å²) in [5.74, 6) is 0.487. The van der Waals surface area contributed by atoms with Crippen molar-refractivity contribution in [3.63, 3.8) is 0 Å². The van der Waals surface area contributed by atoms with Crippen LogP contribution < -0.4 is 11.1 Å². The van der Waals surface area contributed by atoms with E-state index >= 15 is 0 Å². The lowest BCUT2D eigenvalue weighted by Crippen LogP contribution is -2.35. The predicted octanol–water partition coefficient (Wildman–Crippen LogP) is 5.49. The van der Waals surface area contributed by atoms with Crippen molar-refractivity contribution in [1.29, 1.82) is 0 Å². The molecule has 2 rings (SSSR count). The van der Waals surface area contributed by atoms with Crippen LogP contribution in [0.3, 0.4) is 0 Å². The Kier molecular flexibility index (Phi) is 9.22. The zero-order chi connectivity index (χ0) is 26.4. The number of nitrogens with one attached hydrogen (secondary N) is 1. The van der Waals surface area contributed by atoms with E-state index < -0.39 is 30.7 Å². The van der Waals surface area contributed by atoms with Gasteiger partial charge in [-0.3, -0.25) is 10.1 Å². The van der Waals surface area contributed by atoms with Crippen LogP contribution in [0.1, 0.15) is 38.9 Å². The van der Waals surface area contributed by atoms with Crippen LogP contribution in [0.5, 0.6) is 0 Å². The normalized spacial score (nSPS) is 12.7. The number of hydrogen-bond acceptors (Lipinski definition) is 7. The second-order valence-electron chi connectivity index (χ2n) is 10.6. The number of ether oxygens (including phenoxy) is 2. The SMILES string of the molecule is C=CC[C@@H](NC(=O)OC(C)(C)C)c1cn(COCC[Si](C)(C)C)c(-c2ccc([N+](=O)[O-])cc2N)n1. The van der Waals surface area contributed by atoms with Crippen molar-refractivity contribution in [2.75, 3.05) is 12.3 Å². The monoisotopic (exact) mass is 503 g/mol. The summed E-state index contributed by atoms with van der Waals surface area (Å²) < 4.78 is 13.1. The van der Waals surface area contributed by atoms with Gasteiger partial charge >= 0.3 is 6.09 Å². The van der Waals surface area contributed by atoms with E-state index in [9.17, 15) is 14.9 Å². The van der Waals surface area contributed by atoms with Gasteiger partial charge in [0, 0.05) is 44.3 Å². The van der Waals surface area contributed by atoms with E-state index in [4.69, 9.17) is 20.2 Å². The third-order valence-corrected chi connectivity index (χ3v) is 6.66. The summed E-state index contributed by atoms with van der Waals surface area (Å²) in [6.45, 7) is 16.8. The molecule has 0 fully saturated rings. The van der Waals surface area contributed by atoms with Crippen molar-refractivity contribution in [3.05, 3.63) is 52.9 Å². The fourth-order valence-corrected chi connectivity index (χ4v) is 3.95. The lowest BCUT2D eigenvalue weighted by molar-refractivity contribution is -0.384. The second kappa shape index (κ2) is 11.5. The number of carbonyl (C=O) groups excluding carboxylic acids is 1. The number of amides is 1. The van der Waals surface area contributed by atoms with Gasteiger partial charge < -0.3 is 25.1 Å². The predicted molar refractivity (Wildman–Crippen MR) is 140 cm³/mol. The Bertz CT molecular complexity index is 1060. The minimum Gasteiger partial charge on any atom is -0.444 e. The number of aromatic nitrogens is 2. The first-order valence-electron chi connectivity index (χ1n) is 11.5. The summed E-state index contributed by atoms with van der Waals surface area (Å²) in [6.07, 6.45) is 3.32. The molecule has 0 saturated heterocycles. The molecule has 0 spiro atoms. The first kappa shape index (κ1) is 28.1. The van der Waals surface area contributed by atoms with Crippen LogP contribution >= 0.6 is 0 Å². The quantitative estimate of drug-likeness (QED) is 0.103. The lowest BCUT2D eigenvalue weighted by atomic mass is 10.1. The maximum atomic E-state index is 12.4. The first-order chi connectivity index (χ1) is 16.2. The van der Waals surface area contributed by atoms with Crippen LogP contribution in [0.15, 0.2) is 37.1 Å². The molecular formula is C24H37N5O5Si. The maximum Gasteiger partial charge on any atom is 0.408 e. The van der Waals surface area contributed by atoms with Crippen molar-refractivity contribution in [3.8, 4) is 11.4 Å². The van der Waals surface area contributed by atoms with Gasteiger partial charge in [-0.1, -0.05) is 25.7 Å². The van der Waals surface area contributed by atoms with E-state index in [0.29, 0.717) is 30.1 Å². The molecule has 0 saturated carbocycles. The summed E-state index contributed by atoms with van der Waals surface area (Å²) >= 11 is 0. The van der Waals surface area contributed by atoms with Crippen LogP contribution in [-0.4, -0.2) is 40.8 Å². The fourth-order valence-electron chi connectivity index (χ4n) is 3.20. The van der Waals surface area contributed by atoms with Crippen molar-refractivity contribution in [1.82, 2.24) is 14.9 Å². The molecule has 1 amide bonds. The molecule has 0 aliphatic rings. The summed E-state index contributed by atoms with van der Waals surface area (Å²) in [4.78, 5) is 27.8. The molecular weight excluding hydrogens is 466 g/mol. The lowest BCUT2D eigenvalue weighted by Gasteiger charge is -2.22. The number of benzene rings is 1. The van der Waals surface area contributed by atoms with Crippen molar-refractivity contribution in [2.24, 2.45) is 0 Å². The third kappa shape index (κ3) is 8.84. The fraction of sp³-hybridized carbons (Fsp3) is 0.500. The average molecular weight is 504 g/mol. The van der Waals surface area contributed by atoms with Crippen molar-refractivity contribution >= 4 is 25.5 Å². The van der Waals surface area contributed by atoms with E-state index in [2.05, 4.69) is 31.5 Å². The highest BCUT2D eigenvalue weighted by Crippen LogP contribution is 2.31. The third-order valence-electron chi connectivity index (χ3n) is 4.96. The van der Waals surface area contributed by atoms with Crippen LogP contribution in [0, 0.1) is 10.1 Å². The Labute approximate surface area is 207 Å². The standard InChI is InChI=1S/C24H37N5O5Si/c1-8-9-20(27-23(30)34-24(2,3)4)21-15-28(16-33-12-13-35(5,6)7)22(26-21)18-11-10-17(29(31)32)14-19(18)25/h8,10-11,14-15,20H,1,9,12-13,16,25H2,2-7H3,(H,27,30)/t20-/m1/s1. The molecule has 3 N–H and O–H groups in total. The number of imidazole rings is 1. The van der Waals surface area contributed by atoms with E-state index in [1.807, 2.05) is 0 Å². The number of nitrogens with two attached hydrogens (primary N) is 1. The molecule has 0 aliphatic heterocycles. The number of nitro groups is 1. The Morgan fingerprint density at radius 1 is 1.37 bits per heavy atom. The molecule has 10 nitrogen and oxygen atoms in total. The zero-order valence-corrected chi connectivity index (χ0v) is 22.5. The van der Waals surface area contributed by atoms with Crippen LogP contribution in [0.2, 0.25) is 25.7 Å². The molecule has 0 bridgehead atoms. The minimum absolute atomic E-state index is 0.105. The number of hydrogen-bond donors (Lipinski definition) is 2. The number of alkyl carbamates (subject to hydrolysis) is 1. The van der Waals surface area contributed by atoms with Gasteiger partial charge in [0.15, 0.2) is 0 Å².